The van der Waals surface area contributed by atoms with Crippen molar-refractivity contribution < 1.29 is 18.0 Å². The predicted molar refractivity (Wildman–Crippen MR) is 126 cm³/mol. The normalized spacial score (nSPS) is 14.7. The van der Waals surface area contributed by atoms with Crippen LogP contribution < -0.4 is 10.6 Å². The number of rotatable bonds is 9. The van der Waals surface area contributed by atoms with Crippen LogP contribution in [0.5, 0.6) is 0 Å². The molecule has 0 aliphatic carbocycles. The molecular weight excluding hydrogens is 426 g/mol. The molecule has 2 aromatic rings. The van der Waals surface area contributed by atoms with E-state index in [4.69, 9.17) is 0 Å². The van der Waals surface area contributed by atoms with Gasteiger partial charge in [0.1, 0.15) is 0 Å². The Labute approximate surface area is 190 Å². The van der Waals surface area contributed by atoms with Gasteiger partial charge in [0.25, 0.3) is 11.8 Å². The molecule has 0 aromatic heterocycles. The maximum Gasteiger partial charge on any atom is 0.255 e. The Bertz CT molecular complexity index is 1030. The van der Waals surface area contributed by atoms with Crippen LogP contribution in [0.3, 0.4) is 0 Å². The van der Waals surface area contributed by atoms with Gasteiger partial charge in [-0.05, 0) is 49.1 Å². The molecule has 1 aliphatic rings. The fraction of sp³-hybridized carbons (Fsp3) is 0.417. The van der Waals surface area contributed by atoms with E-state index in [9.17, 15) is 18.0 Å². The maximum atomic E-state index is 12.7. The molecule has 0 bridgehead atoms. The molecule has 2 N–H and O–H groups in total. The molecule has 8 heteroatoms. The first-order valence-corrected chi connectivity index (χ1v) is 12.8. The molecule has 172 valence electrons. The van der Waals surface area contributed by atoms with Crippen molar-refractivity contribution in [2.24, 2.45) is 0 Å². The van der Waals surface area contributed by atoms with Crippen molar-refractivity contribution in [3.05, 3.63) is 65.2 Å². The lowest BCUT2D eigenvalue weighted by molar-refractivity contribution is 0.0954. The minimum absolute atomic E-state index is 0.0737. The van der Waals surface area contributed by atoms with Crippen LogP contribution in [0, 0.1) is 0 Å². The van der Waals surface area contributed by atoms with Crippen LogP contribution in [0.15, 0.2) is 48.5 Å². The Morgan fingerprint density at radius 1 is 0.938 bits per heavy atom. The molecule has 1 heterocycles. The lowest BCUT2D eigenvalue weighted by Crippen LogP contribution is -2.36. The van der Waals surface area contributed by atoms with Crippen LogP contribution in [0.2, 0.25) is 0 Å². The maximum absolute atomic E-state index is 12.7. The van der Waals surface area contributed by atoms with Gasteiger partial charge in [0.15, 0.2) is 0 Å². The van der Waals surface area contributed by atoms with E-state index >= 15 is 0 Å². The highest BCUT2D eigenvalue weighted by Gasteiger charge is 2.24. The summed E-state index contributed by atoms with van der Waals surface area (Å²) < 4.78 is 26.8. The number of nitrogens with one attached hydrogen (secondary N) is 2. The van der Waals surface area contributed by atoms with Gasteiger partial charge in [-0.3, -0.25) is 9.59 Å². The van der Waals surface area contributed by atoms with Crippen molar-refractivity contribution in [3.8, 4) is 0 Å². The Hall–Kier alpha value is -2.71. The van der Waals surface area contributed by atoms with E-state index in [-0.39, 0.29) is 17.6 Å². The molecule has 0 spiro atoms. The van der Waals surface area contributed by atoms with Gasteiger partial charge in [-0.15, -0.1) is 0 Å². The monoisotopic (exact) mass is 457 g/mol. The molecule has 0 atom stereocenters. The van der Waals surface area contributed by atoms with Crippen molar-refractivity contribution in [2.45, 2.75) is 44.8 Å². The first-order chi connectivity index (χ1) is 15.4. The second-order valence-electron chi connectivity index (χ2n) is 8.02. The van der Waals surface area contributed by atoms with Crippen molar-refractivity contribution in [1.82, 2.24) is 9.62 Å². The average molecular weight is 458 g/mol. The Balaban J connectivity index is 1.65. The molecule has 2 amide bonds. The van der Waals surface area contributed by atoms with E-state index in [2.05, 4.69) is 17.6 Å². The molecule has 0 unspecified atom stereocenters. The van der Waals surface area contributed by atoms with E-state index in [1.165, 1.54) is 0 Å². The van der Waals surface area contributed by atoms with E-state index < -0.39 is 10.0 Å². The first-order valence-electron chi connectivity index (χ1n) is 11.2. The number of hydrogen-bond acceptors (Lipinski definition) is 4. The number of carbonyl (C=O) groups excluding carboxylic acids is 2. The number of nitrogens with zero attached hydrogens (tertiary/aromatic N) is 1. The summed E-state index contributed by atoms with van der Waals surface area (Å²) in [5.41, 5.74) is 1.87. The zero-order valence-electron chi connectivity index (χ0n) is 18.5. The fourth-order valence-electron chi connectivity index (χ4n) is 3.66. The number of para-hydroxylation sites is 1. The smallest absolute Gasteiger partial charge is 0.255 e. The number of piperidine rings is 1. The van der Waals surface area contributed by atoms with Gasteiger partial charge in [0.2, 0.25) is 10.0 Å². The largest absolute Gasteiger partial charge is 0.352 e. The van der Waals surface area contributed by atoms with Gasteiger partial charge >= 0.3 is 0 Å². The Morgan fingerprint density at radius 3 is 2.31 bits per heavy atom. The van der Waals surface area contributed by atoms with Crippen molar-refractivity contribution in [1.29, 1.82) is 0 Å². The third-order valence-electron chi connectivity index (χ3n) is 5.51. The Morgan fingerprint density at radius 2 is 1.62 bits per heavy atom. The molecular formula is C24H31N3O4S. The van der Waals surface area contributed by atoms with Gasteiger partial charge in [0.05, 0.1) is 17.0 Å². The number of unbranched alkanes of at least 4 members (excludes halogenated alkanes) is 1. The lowest BCUT2D eigenvalue weighted by Gasteiger charge is -2.25. The summed E-state index contributed by atoms with van der Waals surface area (Å²) in [4.78, 5) is 25.2. The van der Waals surface area contributed by atoms with Crippen LogP contribution in [0.1, 0.15) is 65.3 Å². The number of hydrogen-bond donors (Lipinski definition) is 2. The number of anilines is 1. The molecule has 1 aliphatic heterocycles. The van der Waals surface area contributed by atoms with Crippen molar-refractivity contribution in [3.63, 3.8) is 0 Å². The highest BCUT2D eigenvalue weighted by atomic mass is 32.2. The SMILES string of the molecule is CCCCNC(=O)c1ccccc1NC(=O)c1ccc(CS(=O)(=O)N2CCCCC2)cc1. The third-order valence-corrected chi connectivity index (χ3v) is 7.36. The quantitative estimate of drug-likeness (QED) is 0.560. The van der Waals surface area contributed by atoms with Crippen LogP contribution >= 0.6 is 0 Å². The number of sulfonamides is 1. The molecule has 3 rings (SSSR count). The minimum Gasteiger partial charge on any atom is -0.352 e. The summed E-state index contributed by atoms with van der Waals surface area (Å²) in [6.07, 6.45) is 4.74. The van der Waals surface area contributed by atoms with Crippen LogP contribution in [-0.2, 0) is 15.8 Å². The number of amides is 2. The summed E-state index contributed by atoms with van der Waals surface area (Å²) in [5, 5.41) is 5.65. The molecule has 1 fully saturated rings. The molecule has 0 saturated carbocycles. The standard InChI is InChI=1S/C24H31N3O4S/c1-2-3-15-25-24(29)21-9-5-6-10-22(21)26-23(28)20-13-11-19(12-14-20)18-32(30,31)27-16-7-4-8-17-27/h5-6,9-14H,2-4,7-8,15-18H2,1H3,(H,25,29)(H,26,28). The topological polar surface area (TPSA) is 95.6 Å². The fourth-order valence-corrected chi connectivity index (χ4v) is 5.27. The second-order valence-corrected chi connectivity index (χ2v) is 9.99. The predicted octanol–water partition coefficient (Wildman–Crippen LogP) is 3.78. The Kier molecular flexibility index (Phi) is 8.41. The molecule has 0 radical (unpaired) electrons. The van der Waals surface area contributed by atoms with E-state index in [1.54, 1.807) is 52.8 Å². The highest BCUT2D eigenvalue weighted by molar-refractivity contribution is 7.88. The molecule has 1 saturated heterocycles. The van der Waals surface area contributed by atoms with E-state index in [1.807, 2.05) is 0 Å². The minimum atomic E-state index is -3.35. The van der Waals surface area contributed by atoms with E-state index in [0.29, 0.717) is 42.0 Å². The highest BCUT2D eigenvalue weighted by Crippen LogP contribution is 2.19. The van der Waals surface area contributed by atoms with Crippen molar-refractivity contribution >= 4 is 27.5 Å². The summed E-state index contributed by atoms with van der Waals surface area (Å²) >= 11 is 0. The van der Waals surface area contributed by atoms with Crippen LogP contribution in [-0.4, -0.2) is 44.2 Å². The zero-order chi connectivity index (χ0) is 23.0. The van der Waals surface area contributed by atoms with Gasteiger partial charge in [0, 0.05) is 25.2 Å². The molecule has 2 aromatic carbocycles. The third kappa shape index (κ3) is 6.40. The second kappa shape index (κ2) is 11.2. The summed E-state index contributed by atoms with van der Waals surface area (Å²) in [7, 11) is -3.35. The number of carbonyl (C=O) groups is 2. The van der Waals surface area contributed by atoms with Gasteiger partial charge in [-0.2, -0.15) is 0 Å². The summed E-state index contributed by atoms with van der Waals surface area (Å²) in [6, 6.07) is 13.4. The van der Waals surface area contributed by atoms with Gasteiger partial charge in [-0.25, -0.2) is 12.7 Å². The van der Waals surface area contributed by atoms with Crippen LogP contribution in [0.4, 0.5) is 5.69 Å². The van der Waals surface area contributed by atoms with Crippen molar-refractivity contribution in [2.75, 3.05) is 25.0 Å². The molecule has 7 nitrogen and oxygen atoms in total. The summed E-state index contributed by atoms with van der Waals surface area (Å²) in [6.45, 7) is 3.79. The molecule has 32 heavy (non-hydrogen) atoms. The first kappa shape index (κ1) is 23.9. The average Bonchev–Trinajstić information content (AvgIpc) is 2.80. The lowest BCUT2D eigenvalue weighted by atomic mass is 10.1. The summed E-state index contributed by atoms with van der Waals surface area (Å²) in [5.74, 6) is -0.660. The van der Waals surface area contributed by atoms with Crippen LogP contribution in [0.25, 0.3) is 0 Å². The van der Waals surface area contributed by atoms with Gasteiger partial charge in [-0.1, -0.05) is 44.0 Å². The zero-order valence-corrected chi connectivity index (χ0v) is 19.3. The van der Waals surface area contributed by atoms with E-state index in [0.717, 1.165) is 32.1 Å². The number of benzene rings is 2. The van der Waals surface area contributed by atoms with Gasteiger partial charge < -0.3 is 10.6 Å².